The van der Waals surface area contributed by atoms with Crippen molar-refractivity contribution in [2.24, 2.45) is 4.99 Å². The van der Waals surface area contributed by atoms with Gasteiger partial charge in [-0.25, -0.2) is 14.2 Å². The van der Waals surface area contributed by atoms with Gasteiger partial charge in [0.15, 0.2) is 45.4 Å². The standard InChI is InChI=1S/C65H72FN11O13S2Si/c1-41-35-53(72-73-59(41)71-65-76(40-87-33-34-93(5,6)7)47-15-8-9-17-51(47)91-65)75(3)64-70-58(63(84)90-38-43-19-22-44(85-4)23-20-43)52(92-64)18-12-30-88-49-25-21-42(36-46(49)66)13-11-29-74(2)37-55(79)67-27-31-86-32-28-68-56(80)39-89-50-16-10-14-45-57(50)62(83)77(61(45)82)48-24-26-54(78)69-60(48)81/h8-10,14-17,19-23,25,35-36,48H,12,18,24,26-34,37-40H2,1-7H3,(H,67,79)(H,68,80)(H,69,78,81). The molecule has 1 saturated heterocycles. The molecule has 3 N–H and O–H groups in total. The van der Waals surface area contributed by atoms with E-state index in [9.17, 15) is 33.6 Å². The lowest BCUT2D eigenvalue weighted by Gasteiger charge is -2.27. The molecule has 0 saturated carbocycles. The molecule has 4 aromatic carbocycles. The number of piperidine rings is 1. The van der Waals surface area contributed by atoms with Crippen molar-refractivity contribution in [3.8, 4) is 29.1 Å². The zero-order chi connectivity index (χ0) is 66.2. The summed E-state index contributed by atoms with van der Waals surface area (Å²) in [5, 5.41) is 17.1. The monoisotopic (exact) mass is 1330 g/mol. The van der Waals surface area contributed by atoms with E-state index in [1.165, 1.54) is 41.7 Å². The molecule has 2 aliphatic heterocycles. The van der Waals surface area contributed by atoms with E-state index < -0.39 is 62.0 Å². The summed E-state index contributed by atoms with van der Waals surface area (Å²) in [7, 11) is 3.81. The lowest BCUT2D eigenvalue weighted by Crippen LogP contribution is -2.54. The predicted octanol–water partition coefficient (Wildman–Crippen LogP) is 7.10. The number of nitrogens with one attached hydrogen (secondary N) is 3. The molecule has 5 heterocycles. The average molecular weight is 1330 g/mol. The van der Waals surface area contributed by atoms with E-state index in [1.54, 1.807) is 60.5 Å². The molecule has 488 valence electrons. The molecule has 2 aliphatic rings. The van der Waals surface area contributed by atoms with Crippen molar-refractivity contribution < 1.29 is 66.4 Å². The minimum absolute atomic E-state index is 0.00167. The molecule has 93 heavy (non-hydrogen) atoms. The van der Waals surface area contributed by atoms with E-state index in [0.29, 0.717) is 59.1 Å². The van der Waals surface area contributed by atoms with E-state index in [1.807, 2.05) is 37.3 Å². The maximum Gasteiger partial charge on any atom is 0.358 e. The molecule has 24 nitrogen and oxygen atoms in total. The van der Waals surface area contributed by atoms with E-state index >= 15 is 4.39 Å². The topological polar surface area (TPSA) is 277 Å². The van der Waals surface area contributed by atoms with Gasteiger partial charge in [-0.1, -0.05) is 73.2 Å². The molecule has 1 unspecified atom stereocenters. The van der Waals surface area contributed by atoms with E-state index in [-0.39, 0.29) is 99.7 Å². The lowest BCUT2D eigenvalue weighted by atomic mass is 10.0. The van der Waals surface area contributed by atoms with Crippen LogP contribution >= 0.6 is 22.7 Å². The van der Waals surface area contributed by atoms with Gasteiger partial charge in [-0.05, 0) is 111 Å². The van der Waals surface area contributed by atoms with Gasteiger partial charge < -0.3 is 44.0 Å². The third-order valence-corrected chi connectivity index (χ3v) is 18.6. The number of hydrogen-bond acceptors (Lipinski definition) is 21. The normalized spacial score (nSPS) is 14.0. The van der Waals surface area contributed by atoms with Crippen molar-refractivity contribution in [3.05, 3.63) is 140 Å². The molecule has 1 atom stereocenters. The number of halogens is 1. The number of para-hydroxylation sites is 1. The number of thiazole rings is 2. The highest BCUT2D eigenvalue weighted by molar-refractivity contribution is 7.16. The fourth-order valence-electron chi connectivity index (χ4n) is 9.61. The number of rotatable bonds is 30. The molecular weight excluding hydrogens is 1250 g/mol. The van der Waals surface area contributed by atoms with Crippen LogP contribution in [0.5, 0.6) is 17.2 Å². The van der Waals surface area contributed by atoms with Crippen LogP contribution in [0.25, 0.3) is 10.2 Å². The number of anilines is 2. The van der Waals surface area contributed by atoms with Gasteiger partial charge in [0.05, 0.1) is 61.4 Å². The Morgan fingerprint density at radius 1 is 0.860 bits per heavy atom. The molecule has 0 bridgehead atoms. The Bertz CT molecular complexity index is 4050. The number of benzene rings is 4. The molecule has 28 heteroatoms. The van der Waals surface area contributed by atoms with Crippen LogP contribution in [0.2, 0.25) is 25.7 Å². The van der Waals surface area contributed by atoms with Crippen LogP contribution < -0.4 is 39.9 Å². The van der Waals surface area contributed by atoms with Crippen molar-refractivity contribution in [2.45, 2.75) is 77.7 Å². The van der Waals surface area contributed by atoms with Crippen LogP contribution in [0, 0.1) is 24.6 Å². The number of nitrogens with zero attached hydrogens (tertiary/aromatic N) is 8. The second-order valence-electron chi connectivity index (χ2n) is 23.0. The highest BCUT2D eigenvalue weighted by Crippen LogP contribution is 2.35. The number of esters is 1. The number of aryl methyl sites for hydroxylation is 2. The van der Waals surface area contributed by atoms with Gasteiger partial charge in [-0.3, -0.25) is 48.5 Å². The van der Waals surface area contributed by atoms with Crippen LogP contribution in [-0.4, -0.2) is 165 Å². The van der Waals surface area contributed by atoms with E-state index in [4.69, 9.17) is 38.4 Å². The van der Waals surface area contributed by atoms with Crippen LogP contribution in [0.3, 0.4) is 0 Å². The molecule has 0 aliphatic carbocycles. The van der Waals surface area contributed by atoms with Gasteiger partial charge in [0.1, 0.15) is 30.9 Å². The number of carbonyl (C=O) groups excluding carboxylic acids is 7. The van der Waals surface area contributed by atoms with Gasteiger partial charge in [0.25, 0.3) is 17.7 Å². The fourth-order valence-corrected chi connectivity index (χ4v) is 12.4. The smallest absolute Gasteiger partial charge is 0.358 e. The van der Waals surface area contributed by atoms with Gasteiger partial charge in [0, 0.05) is 51.7 Å². The molecule has 0 radical (unpaired) electrons. The number of likely N-dealkylation sites (N-methyl/N-ethyl adjacent to an activating group) is 1. The second-order valence-corrected chi connectivity index (χ2v) is 30.7. The van der Waals surface area contributed by atoms with Crippen molar-refractivity contribution in [3.63, 3.8) is 0 Å². The summed E-state index contributed by atoms with van der Waals surface area (Å²) in [6.45, 7) is 10.4. The molecule has 3 aromatic heterocycles. The van der Waals surface area contributed by atoms with Crippen molar-refractivity contribution >= 4 is 99.1 Å². The van der Waals surface area contributed by atoms with Crippen molar-refractivity contribution in [1.29, 1.82) is 0 Å². The van der Waals surface area contributed by atoms with Gasteiger partial charge in [-0.2, -0.15) is 4.99 Å². The van der Waals surface area contributed by atoms with Gasteiger partial charge in [-0.15, -0.1) is 21.5 Å². The Morgan fingerprint density at radius 2 is 1.63 bits per heavy atom. The number of fused-ring (bicyclic) bond motifs is 2. The van der Waals surface area contributed by atoms with Crippen molar-refractivity contribution in [2.75, 3.05) is 85.3 Å². The molecule has 6 amide bonds. The minimum atomic E-state index is -1.28. The van der Waals surface area contributed by atoms with Crippen LogP contribution in [0.4, 0.5) is 21.2 Å². The fraction of sp³-hybridized carbons (Fsp3) is 0.369. The summed E-state index contributed by atoms with van der Waals surface area (Å²) in [5.41, 5.74) is 3.07. The first kappa shape index (κ1) is 68.1. The molecule has 7 aromatic rings. The number of methoxy groups -OCH3 is 1. The third-order valence-electron chi connectivity index (χ3n) is 14.6. The number of hydrogen-bond donors (Lipinski definition) is 3. The maximum atomic E-state index is 15.4. The van der Waals surface area contributed by atoms with Crippen LogP contribution in [0.15, 0.2) is 96.0 Å². The summed E-state index contributed by atoms with van der Waals surface area (Å²) in [6, 6.07) is 25.9. The highest BCUT2D eigenvalue weighted by atomic mass is 32.1. The summed E-state index contributed by atoms with van der Waals surface area (Å²) < 4.78 is 52.8. The zero-order valence-electron chi connectivity index (χ0n) is 52.6. The number of aromatic nitrogens is 4. The molecular formula is C65H72FN11O13S2Si. The minimum Gasteiger partial charge on any atom is -0.497 e. The average Bonchev–Trinajstić information content (AvgIpc) is 1.62. The maximum absolute atomic E-state index is 15.4. The third kappa shape index (κ3) is 18.3. The first-order valence-electron chi connectivity index (χ1n) is 30.0. The summed E-state index contributed by atoms with van der Waals surface area (Å²) in [5.74, 6) is 2.85. The second kappa shape index (κ2) is 31.9. The highest BCUT2D eigenvalue weighted by Gasteiger charge is 2.46. The van der Waals surface area contributed by atoms with Gasteiger partial charge >= 0.3 is 5.97 Å². The van der Waals surface area contributed by atoms with Gasteiger partial charge in [0.2, 0.25) is 17.7 Å². The molecule has 9 rings (SSSR count). The lowest BCUT2D eigenvalue weighted by molar-refractivity contribution is -0.136. The summed E-state index contributed by atoms with van der Waals surface area (Å²) >= 11 is 2.85. The Balaban J connectivity index is 0.710. The van der Waals surface area contributed by atoms with Crippen LogP contribution in [0.1, 0.15) is 72.0 Å². The van der Waals surface area contributed by atoms with E-state index in [2.05, 4.69) is 74.3 Å². The first-order valence-corrected chi connectivity index (χ1v) is 35.3. The summed E-state index contributed by atoms with van der Waals surface area (Å²) in [4.78, 5) is 105. The SMILES string of the molecule is COc1ccc(COC(=O)c2nc(N(C)c3cc(C)c(N=c4sc5ccccc5n4COCC[Si](C)(C)C)nn3)sc2CCCOc2ccc(C#CCN(C)CC(=O)NCCOCCNC(=O)COc3cccc4c3C(=O)N(C3CCC(=O)NC3=O)C4=O)cc2F)cc1. The van der Waals surface area contributed by atoms with E-state index in [0.717, 1.165) is 37.1 Å². The number of imide groups is 2. The van der Waals surface area contributed by atoms with Crippen LogP contribution in [-0.2, 0) is 53.1 Å². The van der Waals surface area contributed by atoms with Crippen molar-refractivity contribution in [1.82, 2.24) is 45.5 Å². The Hall–Kier alpha value is -9.24. The largest absolute Gasteiger partial charge is 0.497 e. The Labute approximate surface area is 545 Å². The number of ether oxygens (including phenoxy) is 6. The number of amides is 6. The number of carbonyl (C=O) groups is 7. The molecule has 0 spiro atoms. The quantitative estimate of drug-likeness (QED) is 0.0133. The molecule has 1 fully saturated rings. The first-order chi connectivity index (χ1) is 44.7. The Kier molecular flexibility index (Phi) is 23.3. The Morgan fingerprint density at radius 3 is 2.38 bits per heavy atom. The summed E-state index contributed by atoms with van der Waals surface area (Å²) in [6.07, 6.45) is 0.743. The predicted molar refractivity (Wildman–Crippen MR) is 348 cm³/mol. The zero-order valence-corrected chi connectivity index (χ0v) is 55.3.